The molecule has 2 rings (SSSR count). The average Bonchev–Trinajstić information content (AvgIpc) is 2.77. The fourth-order valence-electron chi connectivity index (χ4n) is 1.43. The highest BCUT2D eigenvalue weighted by atomic mass is 32.1. The second kappa shape index (κ2) is 4.63. The Morgan fingerprint density at radius 1 is 1.38 bits per heavy atom. The molecule has 0 saturated heterocycles. The molecule has 1 aromatic carbocycles. The lowest BCUT2D eigenvalue weighted by Crippen LogP contribution is -1.99. The van der Waals surface area contributed by atoms with E-state index >= 15 is 0 Å². The fraction of sp³-hybridized carbons (Fsp3) is 0.167. The minimum absolute atomic E-state index is 0.284. The van der Waals surface area contributed by atoms with Crippen molar-refractivity contribution in [2.75, 3.05) is 7.11 Å². The first-order valence-corrected chi connectivity index (χ1v) is 5.65. The third-order valence-corrected chi connectivity index (χ3v) is 3.26. The molecule has 0 aliphatic rings. The summed E-state index contributed by atoms with van der Waals surface area (Å²) in [6.07, 6.45) is -0.935. The van der Waals surface area contributed by atoms with Crippen LogP contribution in [0, 0.1) is 5.82 Å². The van der Waals surface area contributed by atoms with Crippen LogP contribution in [0.15, 0.2) is 35.7 Å². The highest BCUT2D eigenvalue weighted by Gasteiger charge is 2.16. The lowest BCUT2D eigenvalue weighted by atomic mass is 10.1. The van der Waals surface area contributed by atoms with Crippen molar-refractivity contribution in [3.05, 3.63) is 52.0 Å². The van der Waals surface area contributed by atoms with E-state index in [0.29, 0.717) is 10.6 Å². The van der Waals surface area contributed by atoms with Crippen molar-refractivity contribution in [3.63, 3.8) is 0 Å². The van der Waals surface area contributed by atoms with Crippen molar-refractivity contribution in [2.45, 2.75) is 6.10 Å². The second-order valence-electron chi connectivity index (χ2n) is 3.31. The zero-order chi connectivity index (χ0) is 11.5. The first-order chi connectivity index (χ1) is 7.72. The molecule has 1 atom stereocenters. The average molecular weight is 238 g/mol. The Morgan fingerprint density at radius 2 is 2.12 bits per heavy atom. The number of halogens is 1. The fourth-order valence-corrected chi connectivity index (χ4v) is 2.29. The summed E-state index contributed by atoms with van der Waals surface area (Å²) < 4.78 is 18.4. The molecule has 0 aliphatic carbocycles. The van der Waals surface area contributed by atoms with E-state index in [4.69, 9.17) is 4.74 Å². The number of ether oxygens (including phenoxy) is 1. The summed E-state index contributed by atoms with van der Waals surface area (Å²) in [5, 5.41) is 11.8. The predicted molar refractivity (Wildman–Crippen MR) is 61.3 cm³/mol. The smallest absolute Gasteiger partial charge is 0.129 e. The van der Waals surface area contributed by atoms with Gasteiger partial charge < -0.3 is 9.84 Å². The summed E-state index contributed by atoms with van der Waals surface area (Å²) >= 11 is 1.34. The molecule has 4 heteroatoms. The molecule has 1 unspecified atom stereocenters. The molecular formula is C12H11FO2S. The SMILES string of the molecule is COc1csc(C(O)c2ccccc2F)c1. The number of benzene rings is 1. The van der Waals surface area contributed by atoms with Crippen LogP contribution in [-0.2, 0) is 0 Å². The quantitative estimate of drug-likeness (QED) is 0.890. The molecule has 0 aliphatic heterocycles. The van der Waals surface area contributed by atoms with Gasteiger partial charge >= 0.3 is 0 Å². The van der Waals surface area contributed by atoms with Gasteiger partial charge in [-0.3, -0.25) is 0 Å². The van der Waals surface area contributed by atoms with Crippen molar-refractivity contribution in [1.29, 1.82) is 0 Å². The molecule has 0 fully saturated rings. The normalized spacial score (nSPS) is 12.4. The van der Waals surface area contributed by atoms with Gasteiger partial charge in [-0.15, -0.1) is 11.3 Å². The van der Waals surface area contributed by atoms with E-state index in [2.05, 4.69) is 0 Å². The minimum atomic E-state index is -0.935. The summed E-state index contributed by atoms with van der Waals surface area (Å²) in [6, 6.07) is 7.92. The highest BCUT2D eigenvalue weighted by molar-refractivity contribution is 7.10. The third-order valence-electron chi connectivity index (χ3n) is 2.30. The molecule has 1 aromatic heterocycles. The van der Waals surface area contributed by atoms with Gasteiger partial charge in [0, 0.05) is 15.8 Å². The van der Waals surface area contributed by atoms with E-state index in [1.165, 1.54) is 17.4 Å². The lowest BCUT2D eigenvalue weighted by molar-refractivity contribution is 0.218. The molecule has 2 aromatic rings. The van der Waals surface area contributed by atoms with Crippen LogP contribution in [0.1, 0.15) is 16.5 Å². The summed E-state index contributed by atoms with van der Waals surface area (Å²) in [4.78, 5) is 0.668. The number of thiophene rings is 1. The van der Waals surface area contributed by atoms with Crippen molar-refractivity contribution >= 4 is 11.3 Å². The van der Waals surface area contributed by atoms with Crippen LogP contribution in [0.5, 0.6) is 5.75 Å². The van der Waals surface area contributed by atoms with Gasteiger partial charge in [0.1, 0.15) is 17.7 Å². The van der Waals surface area contributed by atoms with E-state index in [0.717, 1.165) is 0 Å². The van der Waals surface area contributed by atoms with Gasteiger partial charge in [0.05, 0.1) is 7.11 Å². The van der Waals surface area contributed by atoms with Gasteiger partial charge in [0.25, 0.3) is 0 Å². The molecule has 0 saturated carbocycles. The van der Waals surface area contributed by atoms with E-state index in [9.17, 15) is 9.50 Å². The first kappa shape index (κ1) is 11.1. The molecule has 0 bridgehead atoms. The van der Waals surface area contributed by atoms with Gasteiger partial charge in [-0.1, -0.05) is 18.2 Å². The second-order valence-corrected chi connectivity index (χ2v) is 4.26. The van der Waals surface area contributed by atoms with Gasteiger partial charge in [-0.25, -0.2) is 4.39 Å². The summed E-state index contributed by atoms with van der Waals surface area (Å²) in [7, 11) is 1.56. The Kier molecular flexibility index (Phi) is 3.22. The topological polar surface area (TPSA) is 29.5 Å². The lowest BCUT2D eigenvalue weighted by Gasteiger charge is -2.09. The summed E-state index contributed by atoms with van der Waals surface area (Å²) in [5.74, 6) is 0.276. The summed E-state index contributed by atoms with van der Waals surface area (Å²) in [6.45, 7) is 0. The Bertz CT molecular complexity index is 481. The highest BCUT2D eigenvalue weighted by Crippen LogP contribution is 2.31. The number of methoxy groups -OCH3 is 1. The molecule has 1 N–H and O–H groups in total. The molecular weight excluding hydrogens is 227 g/mol. The molecule has 0 radical (unpaired) electrons. The van der Waals surface area contributed by atoms with Gasteiger partial charge in [0.15, 0.2) is 0 Å². The number of hydrogen-bond donors (Lipinski definition) is 1. The molecule has 0 spiro atoms. The first-order valence-electron chi connectivity index (χ1n) is 4.77. The van der Waals surface area contributed by atoms with E-state index < -0.39 is 11.9 Å². The Balaban J connectivity index is 2.31. The van der Waals surface area contributed by atoms with E-state index in [-0.39, 0.29) is 5.56 Å². The largest absolute Gasteiger partial charge is 0.496 e. The zero-order valence-electron chi connectivity index (χ0n) is 8.68. The molecule has 1 heterocycles. The van der Waals surface area contributed by atoms with Gasteiger partial charge in [-0.05, 0) is 12.1 Å². The molecule has 84 valence electrons. The van der Waals surface area contributed by atoms with Gasteiger partial charge in [-0.2, -0.15) is 0 Å². The number of rotatable bonds is 3. The Labute approximate surface area is 96.9 Å². The van der Waals surface area contributed by atoms with Crippen LogP contribution in [0.4, 0.5) is 4.39 Å². The monoisotopic (exact) mass is 238 g/mol. The van der Waals surface area contributed by atoms with E-state index in [1.54, 1.807) is 36.8 Å². The zero-order valence-corrected chi connectivity index (χ0v) is 9.50. The van der Waals surface area contributed by atoms with Crippen molar-refractivity contribution in [3.8, 4) is 5.75 Å². The van der Waals surface area contributed by atoms with Crippen LogP contribution < -0.4 is 4.74 Å². The minimum Gasteiger partial charge on any atom is -0.496 e. The Hall–Kier alpha value is -1.39. The van der Waals surface area contributed by atoms with Crippen LogP contribution in [0.2, 0.25) is 0 Å². The van der Waals surface area contributed by atoms with Crippen LogP contribution in [0.3, 0.4) is 0 Å². The molecule has 2 nitrogen and oxygen atoms in total. The predicted octanol–water partition coefficient (Wildman–Crippen LogP) is 2.98. The van der Waals surface area contributed by atoms with Crippen molar-refractivity contribution in [2.24, 2.45) is 0 Å². The maximum atomic E-state index is 13.4. The maximum absolute atomic E-state index is 13.4. The number of aliphatic hydroxyl groups is 1. The van der Waals surface area contributed by atoms with Crippen molar-refractivity contribution in [1.82, 2.24) is 0 Å². The molecule has 16 heavy (non-hydrogen) atoms. The number of hydrogen-bond acceptors (Lipinski definition) is 3. The summed E-state index contributed by atoms with van der Waals surface area (Å²) in [5.41, 5.74) is 0.284. The third kappa shape index (κ3) is 2.08. The Morgan fingerprint density at radius 3 is 2.75 bits per heavy atom. The van der Waals surface area contributed by atoms with Crippen LogP contribution in [0.25, 0.3) is 0 Å². The van der Waals surface area contributed by atoms with Crippen LogP contribution in [-0.4, -0.2) is 12.2 Å². The van der Waals surface area contributed by atoms with Crippen LogP contribution >= 0.6 is 11.3 Å². The molecule has 0 amide bonds. The number of aliphatic hydroxyl groups excluding tert-OH is 1. The maximum Gasteiger partial charge on any atom is 0.129 e. The standard InChI is InChI=1S/C12H11FO2S/c1-15-8-6-11(16-7-8)12(14)9-4-2-3-5-10(9)13/h2-7,12,14H,1H3. The van der Waals surface area contributed by atoms with E-state index in [1.807, 2.05) is 0 Å². The van der Waals surface area contributed by atoms with Gasteiger partial charge in [0.2, 0.25) is 0 Å². The van der Waals surface area contributed by atoms with Crippen molar-refractivity contribution < 1.29 is 14.2 Å².